The third kappa shape index (κ3) is 3.55. The van der Waals surface area contributed by atoms with E-state index in [0.717, 1.165) is 6.07 Å². The van der Waals surface area contributed by atoms with Gasteiger partial charge < -0.3 is 23.5 Å². The van der Waals surface area contributed by atoms with E-state index in [9.17, 15) is 14.9 Å². The van der Waals surface area contributed by atoms with E-state index in [1.807, 2.05) is 18.2 Å². The number of aromatic nitrogens is 1. The number of nitro benzene ring substituents is 1. The number of hydrogen-bond acceptors (Lipinski definition) is 9. The third-order valence-corrected chi connectivity index (χ3v) is 4.19. The molecule has 4 rings (SSSR count). The predicted molar refractivity (Wildman–Crippen MR) is 96.8 cm³/mol. The molecular formula is C19H14N2O8. The Morgan fingerprint density at radius 3 is 2.72 bits per heavy atom. The number of para-hydroxylation sites is 1. The number of rotatable bonds is 6. The zero-order chi connectivity index (χ0) is 20.4. The maximum absolute atomic E-state index is 12.4. The fourth-order valence-corrected chi connectivity index (χ4v) is 2.82. The van der Waals surface area contributed by atoms with Gasteiger partial charge in [0, 0.05) is 17.7 Å². The molecule has 1 aromatic heterocycles. The van der Waals surface area contributed by atoms with Gasteiger partial charge in [0.1, 0.15) is 17.0 Å². The summed E-state index contributed by atoms with van der Waals surface area (Å²) in [5.74, 6) is 0.416. The van der Waals surface area contributed by atoms with Crippen molar-refractivity contribution in [2.24, 2.45) is 0 Å². The van der Waals surface area contributed by atoms with Gasteiger partial charge in [0.2, 0.25) is 6.79 Å². The van der Waals surface area contributed by atoms with Crippen molar-refractivity contribution in [3.05, 3.63) is 63.9 Å². The van der Waals surface area contributed by atoms with Gasteiger partial charge in [-0.25, -0.2) is 4.79 Å². The van der Waals surface area contributed by atoms with Gasteiger partial charge in [-0.1, -0.05) is 17.3 Å². The van der Waals surface area contributed by atoms with Crippen LogP contribution < -0.4 is 14.2 Å². The van der Waals surface area contributed by atoms with Crippen LogP contribution in [0.5, 0.6) is 17.2 Å². The van der Waals surface area contributed by atoms with Gasteiger partial charge in [0.15, 0.2) is 23.9 Å². The van der Waals surface area contributed by atoms with E-state index in [0.29, 0.717) is 17.0 Å². The normalized spacial score (nSPS) is 11.9. The van der Waals surface area contributed by atoms with Crippen molar-refractivity contribution in [3.8, 4) is 28.5 Å². The van der Waals surface area contributed by atoms with Crippen LogP contribution in [0.25, 0.3) is 11.3 Å². The van der Waals surface area contributed by atoms with Crippen LogP contribution >= 0.6 is 0 Å². The monoisotopic (exact) mass is 398 g/mol. The fraction of sp³-hybridized carbons (Fsp3) is 0.158. The molecule has 0 N–H and O–H groups in total. The lowest BCUT2D eigenvalue weighted by molar-refractivity contribution is -0.385. The summed E-state index contributed by atoms with van der Waals surface area (Å²) in [5.41, 5.74) is 0.528. The van der Waals surface area contributed by atoms with E-state index in [1.165, 1.54) is 6.07 Å². The molecule has 0 amide bonds. The molecule has 0 atom stereocenters. The Bertz CT molecular complexity index is 1090. The van der Waals surface area contributed by atoms with Crippen molar-refractivity contribution < 1.29 is 33.2 Å². The van der Waals surface area contributed by atoms with Gasteiger partial charge in [-0.15, -0.1) is 0 Å². The Labute approximate surface area is 163 Å². The van der Waals surface area contributed by atoms with Gasteiger partial charge in [-0.05, 0) is 12.1 Å². The molecule has 2 heterocycles. The smallest absolute Gasteiger partial charge is 0.345 e. The largest absolute Gasteiger partial charge is 0.496 e. The summed E-state index contributed by atoms with van der Waals surface area (Å²) in [4.78, 5) is 23.0. The minimum absolute atomic E-state index is 0.0746. The summed E-state index contributed by atoms with van der Waals surface area (Å²) in [6.45, 7) is -0.332. The lowest BCUT2D eigenvalue weighted by atomic mass is 10.1. The second-order valence-electron chi connectivity index (χ2n) is 5.93. The van der Waals surface area contributed by atoms with Gasteiger partial charge in [0.25, 0.3) is 5.69 Å². The molecular weight excluding hydrogens is 384 g/mol. The van der Waals surface area contributed by atoms with Gasteiger partial charge in [0.05, 0.1) is 18.1 Å². The van der Waals surface area contributed by atoms with Crippen molar-refractivity contribution in [1.82, 2.24) is 5.16 Å². The topological polar surface area (TPSA) is 123 Å². The first kappa shape index (κ1) is 18.3. The molecule has 148 valence electrons. The van der Waals surface area contributed by atoms with E-state index in [1.54, 1.807) is 19.2 Å². The lowest BCUT2D eigenvalue weighted by Gasteiger charge is -2.05. The van der Waals surface area contributed by atoms with Gasteiger partial charge in [-0.2, -0.15) is 0 Å². The average Bonchev–Trinajstić information content (AvgIpc) is 3.39. The SMILES string of the molecule is COc1ccccc1-c1cc(COC(=O)c2cc3c(cc2[N+](=O)[O-])OCO3)on1. The summed E-state index contributed by atoms with van der Waals surface area (Å²) in [7, 11) is 1.54. The third-order valence-electron chi connectivity index (χ3n) is 4.19. The molecule has 1 aliphatic heterocycles. The number of nitrogens with zero attached hydrogens (tertiary/aromatic N) is 2. The van der Waals surface area contributed by atoms with E-state index in [-0.39, 0.29) is 36.2 Å². The zero-order valence-corrected chi connectivity index (χ0v) is 15.1. The molecule has 0 bridgehead atoms. The van der Waals surface area contributed by atoms with Gasteiger partial charge in [-0.3, -0.25) is 10.1 Å². The number of esters is 1. The maximum Gasteiger partial charge on any atom is 0.345 e. The van der Waals surface area contributed by atoms with Gasteiger partial charge >= 0.3 is 5.97 Å². The molecule has 29 heavy (non-hydrogen) atoms. The molecule has 0 saturated carbocycles. The number of nitro groups is 1. The zero-order valence-electron chi connectivity index (χ0n) is 15.1. The Hall–Kier alpha value is -4.08. The molecule has 0 saturated heterocycles. The number of benzene rings is 2. The van der Waals surface area contributed by atoms with Crippen LogP contribution in [-0.4, -0.2) is 30.0 Å². The van der Waals surface area contributed by atoms with Crippen LogP contribution in [0.2, 0.25) is 0 Å². The van der Waals surface area contributed by atoms with Crippen molar-refractivity contribution in [3.63, 3.8) is 0 Å². The first-order chi connectivity index (χ1) is 14.1. The second kappa shape index (κ2) is 7.50. The fourth-order valence-electron chi connectivity index (χ4n) is 2.82. The summed E-state index contributed by atoms with van der Waals surface area (Å²) in [6, 6.07) is 11.2. The summed E-state index contributed by atoms with van der Waals surface area (Å²) >= 11 is 0. The number of ether oxygens (including phenoxy) is 4. The van der Waals surface area contributed by atoms with Crippen molar-refractivity contribution in [1.29, 1.82) is 0 Å². The maximum atomic E-state index is 12.4. The highest BCUT2D eigenvalue weighted by Gasteiger charge is 2.28. The summed E-state index contributed by atoms with van der Waals surface area (Å²) in [6.07, 6.45) is 0. The van der Waals surface area contributed by atoms with Crippen LogP contribution in [-0.2, 0) is 11.3 Å². The highest BCUT2D eigenvalue weighted by Crippen LogP contribution is 2.38. The Morgan fingerprint density at radius 1 is 1.21 bits per heavy atom. The molecule has 0 fully saturated rings. The first-order valence-corrected chi connectivity index (χ1v) is 8.41. The summed E-state index contributed by atoms with van der Waals surface area (Å²) in [5, 5.41) is 15.2. The number of carbonyl (C=O) groups is 1. The highest BCUT2D eigenvalue weighted by atomic mass is 16.7. The Morgan fingerprint density at radius 2 is 1.97 bits per heavy atom. The van der Waals surface area contributed by atoms with E-state index < -0.39 is 16.6 Å². The van der Waals surface area contributed by atoms with Crippen LogP contribution in [0, 0.1) is 10.1 Å². The van der Waals surface area contributed by atoms with Crippen molar-refractivity contribution >= 4 is 11.7 Å². The number of methoxy groups -OCH3 is 1. The molecule has 1 aliphatic rings. The van der Waals surface area contributed by atoms with E-state index >= 15 is 0 Å². The second-order valence-corrected chi connectivity index (χ2v) is 5.93. The molecule has 2 aromatic carbocycles. The molecule has 0 unspecified atom stereocenters. The number of carbonyl (C=O) groups excluding carboxylic acids is 1. The quantitative estimate of drug-likeness (QED) is 0.349. The Kier molecular flexibility index (Phi) is 4.73. The molecule has 0 radical (unpaired) electrons. The van der Waals surface area contributed by atoms with E-state index in [4.69, 9.17) is 23.5 Å². The van der Waals surface area contributed by atoms with Crippen LogP contribution in [0.4, 0.5) is 5.69 Å². The number of fused-ring (bicyclic) bond motifs is 1. The van der Waals surface area contributed by atoms with Crippen LogP contribution in [0.3, 0.4) is 0 Å². The average molecular weight is 398 g/mol. The predicted octanol–water partition coefficient (Wildman–Crippen LogP) is 3.34. The minimum atomic E-state index is -0.898. The van der Waals surface area contributed by atoms with Crippen molar-refractivity contribution in [2.75, 3.05) is 13.9 Å². The lowest BCUT2D eigenvalue weighted by Crippen LogP contribution is -2.08. The van der Waals surface area contributed by atoms with Crippen molar-refractivity contribution in [2.45, 2.75) is 6.61 Å². The Balaban J connectivity index is 1.51. The molecule has 10 heteroatoms. The standard InChI is InChI=1S/C19H14N2O8/c1-25-16-5-3-2-4-12(16)14-6-11(29-20-14)9-26-19(22)13-7-17-18(28-10-27-17)8-15(13)21(23)24/h2-8H,9-10H2,1H3. The number of hydrogen-bond donors (Lipinski definition) is 0. The highest BCUT2D eigenvalue weighted by molar-refractivity contribution is 5.95. The minimum Gasteiger partial charge on any atom is -0.496 e. The molecule has 0 aliphatic carbocycles. The molecule has 3 aromatic rings. The van der Waals surface area contributed by atoms with Crippen LogP contribution in [0.1, 0.15) is 16.1 Å². The van der Waals surface area contributed by atoms with E-state index in [2.05, 4.69) is 5.16 Å². The summed E-state index contributed by atoms with van der Waals surface area (Å²) < 4.78 is 25.9. The molecule has 10 nitrogen and oxygen atoms in total. The van der Waals surface area contributed by atoms with Crippen LogP contribution in [0.15, 0.2) is 47.0 Å². The molecule has 0 spiro atoms. The first-order valence-electron chi connectivity index (χ1n) is 8.41.